The molecule has 15 heavy (non-hydrogen) atoms. The molecule has 0 aromatic heterocycles. The summed E-state index contributed by atoms with van der Waals surface area (Å²) in [6.45, 7) is 0. The highest BCUT2D eigenvalue weighted by atomic mass is 79.9. The molecule has 0 saturated heterocycles. The number of rotatable bonds is 2. The molecule has 1 fully saturated rings. The van der Waals surface area contributed by atoms with Crippen LogP contribution in [0.25, 0.3) is 0 Å². The van der Waals surface area contributed by atoms with Crippen molar-refractivity contribution in [3.63, 3.8) is 0 Å². The van der Waals surface area contributed by atoms with E-state index in [0.717, 1.165) is 31.4 Å². The van der Waals surface area contributed by atoms with Crippen molar-refractivity contribution in [2.45, 2.75) is 43.9 Å². The van der Waals surface area contributed by atoms with E-state index in [2.05, 4.69) is 21.1 Å². The molecule has 1 atom stereocenters. The summed E-state index contributed by atoms with van der Waals surface area (Å²) in [5.74, 6) is -0.381. The monoisotopic (exact) mass is 295 g/mol. The van der Waals surface area contributed by atoms with Crippen molar-refractivity contribution in [2.24, 2.45) is 5.16 Å². The second-order valence-corrected chi connectivity index (χ2v) is 4.69. The van der Waals surface area contributed by atoms with E-state index in [1.54, 1.807) is 0 Å². The highest BCUT2D eigenvalue weighted by Crippen LogP contribution is 2.19. The summed E-state index contributed by atoms with van der Waals surface area (Å²) in [6.07, 6.45) is 6.40. The second kappa shape index (κ2) is 7.23. The van der Waals surface area contributed by atoms with Gasteiger partial charge in [0.25, 0.3) is 0 Å². The lowest BCUT2D eigenvalue weighted by Crippen LogP contribution is -2.18. The second-order valence-electron chi connectivity index (χ2n) is 3.60. The normalized spacial score (nSPS) is 25.7. The van der Waals surface area contributed by atoms with Crippen LogP contribution in [-0.4, -0.2) is 22.4 Å². The quantitative estimate of drug-likeness (QED) is 0.446. The maximum Gasteiger partial charge on any atom is 0.345 e. The van der Waals surface area contributed by atoms with Crippen LogP contribution < -0.4 is 0 Å². The summed E-state index contributed by atoms with van der Waals surface area (Å²) in [7, 11) is 0. The molecule has 1 unspecified atom stereocenters. The van der Waals surface area contributed by atoms with Gasteiger partial charge >= 0.3 is 5.97 Å². The molecular weight excluding hydrogens is 281 g/mol. The van der Waals surface area contributed by atoms with Crippen LogP contribution in [0.2, 0.25) is 0 Å². The van der Waals surface area contributed by atoms with Crippen LogP contribution in [0, 0.1) is 0 Å². The molecule has 0 N–H and O–H groups in total. The van der Waals surface area contributed by atoms with Gasteiger partial charge in [0, 0.05) is 0 Å². The Balaban J connectivity index is 2.50. The van der Waals surface area contributed by atoms with Crippen LogP contribution in [0.1, 0.15) is 38.5 Å². The Bertz CT molecular complexity index is 246. The first-order chi connectivity index (χ1) is 7.24. The Morgan fingerprint density at radius 2 is 2.20 bits per heavy atom. The fourth-order valence-corrected chi connectivity index (χ4v) is 1.95. The molecule has 0 aromatic rings. The predicted molar refractivity (Wildman–Crippen MR) is 64.7 cm³/mol. The summed E-state index contributed by atoms with van der Waals surface area (Å²) in [6, 6.07) is 0. The molecule has 1 aliphatic rings. The molecule has 86 valence electrons. The molecule has 1 rings (SSSR count). The maximum atomic E-state index is 10.9. The van der Waals surface area contributed by atoms with Gasteiger partial charge in [0.05, 0.1) is 11.1 Å². The van der Waals surface area contributed by atoms with Crippen molar-refractivity contribution in [2.75, 3.05) is 5.33 Å². The van der Waals surface area contributed by atoms with E-state index in [4.69, 9.17) is 16.4 Å². The Labute approximate surface area is 103 Å². The summed E-state index contributed by atoms with van der Waals surface area (Å²) in [5.41, 5.74) is 0.811. The fraction of sp³-hybridized carbons (Fsp3) is 0.800. The van der Waals surface area contributed by atoms with E-state index in [9.17, 15) is 4.79 Å². The molecular formula is C10H15BrClNO2. The average molecular weight is 297 g/mol. The summed E-state index contributed by atoms with van der Waals surface area (Å²) in [5, 5.41) is 3.93. The van der Waals surface area contributed by atoms with Crippen LogP contribution in [0.4, 0.5) is 0 Å². The van der Waals surface area contributed by atoms with E-state index in [-0.39, 0.29) is 16.7 Å². The minimum absolute atomic E-state index is 0.0755. The Hall–Kier alpha value is -0.0900. The Kier molecular flexibility index (Phi) is 6.25. The number of hydrogen-bond donors (Lipinski definition) is 0. The van der Waals surface area contributed by atoms with Gasteiger partial charge in [-0.3, -0.25) is 0 Å². The van der Waals surface area contributed by atoms with E-state index in [1.165, 1.54) is 12.8 Å². The van der Waals surface area contributed by atoms with Crippen LogP contribution in [0.5, 0.6) is 0 Å². The first-order valence-electron chi connectivity index (χ1n) is 5.20. The molecule has 0 aliphatic heterocycles. The molecule has 5 heteroatoms. The summed E-state index contributed by atoms with van der Waals surface area (Å²) >= 11 is 9.16. The zero-order valence-electron chi connectivity index (χ0n) is 8.55. The van der Waals surface area contributed by atoms with Gasteiger partial charge in [0.15, 0.2) is 0 Å². The number of alkyl halides is 2. The first kappa shape index (κ1) is 13.0. The third kappa shape index (κ3) is 4.98. The molecule has 0 bridgehead atoms. The molecule has 0 aromatic carbocycles. The van der Waals surface area contributed by atoms with Gasteiger partial charge in [-0.15, -0.1) is 11.6 Å². The third-order valence-electron chi connectivity index (χ3n) is 2.38. The predicted octanol–water partition coefficient (Wildman–Crippen LogP) is 3.24. The minimum Gasteiger partial charge on any atom is -0.317 e. The third-order valence-corrected chi connectivity index (χ3v) is 3.30. The zero-order valence-corrected chi connectivity index (χ0v) is 10.9. The van der Waals surface area contributed by atoms with Crippen molar-refractivity contribution in [1.82, 2.24) is 0 Å². The lowest BCUT2D eigenvalue weighted by atomic mass is 9.99. The molecule has 0 heterocycles. The number of halogens is 2. The highest BCUT2D eigenvalue weighted by Gasteiger charge is 2.16. The smallest absolute Gasteiger partial charge is 0.317 e. The lowest BCUT2D eigenvalue weighted by molar-refractivity contribution is -0.140. The SMILES string of the molecule is O=C(CBr)ON=C1CCCCCCC1Cl. The average Bonchev–Trinajstić information content (AvgIpc) is 2.22. The standard InChI is InChI=1S/C10H15BrClNO2/c11-7-10(14)15-13-9-6-4-2-1-3-5-8(9)12/h8H,1-7H2. The number of carbonyl (C=O) groups excluding carboxylic acids is 1. The van der Waals surface area contributed by atoms with Crippen molar-refractivity contribution >= 4 is 39.2 Å². The van der Waals surface area contributed by atoms with Gasteiger partial charge in [-0.05, 0) is 19.3 Å². The molecule has 1 aliphatic carbocycles. The Morgan fingerprint density at radius 3 is 2.93 bits per heavy atom. The van der Waals surface area contributed by atoms with Gasteiger partial charge in [0.1, 0.15) is 5.33 Å². The number of oxime groups is 1. The minimum atomic E-state index is -0.381. The van der Waals surface area contributed by atoms with Crippen molar-refractivity contribution in [1.29, 1.82) is 0 Å². The number of hydrogen-bond acceptors (Lipinski definition) is 3. The van der Waals surface area contributed by atoms with Gasteiger partial charge in [-0.25, -0.2) is 4.79 Å². The lowest BCUT2D eigenvalue weighted by Gasteiger charge is -2.15. The van der Waals surface area contributed by atoms with E-state index >= 15 is 0 Å². The van der Waals surface area contributed by atoms with Gasteiger partial charge < -0.3 is 4.84 Å². The Morgan fingerprint density at radius 1 is 1.47 bits per heavy atom. The van der Waals surface area contributed by atoms with E-state index < -0.39 is 0 Å². The van der Waals surface area contributed by atoms with Gasteiger partial charge in [-0.1, -0.05) is 40.3 Å². The molecule has 0 amide bonds. The van der Waals surface area contributed by atoms with Crippen LogP contribution in [-0.2, 0) is 9.63 Å². The van der Waals surface area contributed by atoms with Crippen LogP contribution in [0.15, 0.2) is 5.16 Å². The van der Waals surface area contributed by atoms with Crippen molar-refractivity contribution < 1.29 is 9.63 Å². The summed E-state index contributed by atoms with van der Waals surface area (Å²) < 4.78 is 0. The first-order valence-corrected chi connectivity index (χ1v) is 6.76. The fourth-order valence-electron chi connectivity index (χ4n) is 1.54. The largest absolute Gasteiger partial charge is 0.345 e. The number of nitrogens with zero attached hydrogens (tertiary/aromatic N) is 1. The van der Waals surface area contributed by atoms with Crippen molar-refractivity contribution in [3.05, 3.63) is 0 Å². The van der Waals surface area contributed by atoms with Crippen LogP contribution in [0.3, 0.4) is 0 Å². The van der Waals surface area contributed by atoms with E-state index in [1.807, 2.05) is 0 Å². The highest BCUT2D eigenvalue weighted by molar-refractivity contribution is 9.09. The molecule has 0 spiro atoms. The summed E-state index contributed by atoms with van der Waals surface area (Å²) in [4.78, 5) is 15.6. The van der Waals surface area contributed by atoms with Gasteiger partial charge in [0.2, 0.25) is 0 Å². The molecule has 0 radical (unpaired) electrons. The molecule has 3 nitrogen and oxygen atoms in total. The zero-order chi connectivity index (χ0) is 11.1. The van der Waals surface area contributed by atoms with Crippen LogP contribution >= 0.6 is 27.5 Å². The molecule has 1 saturated carbocycles. The van der Waals surface area contributed by atoms with E-state index in [0.29, 0.717) is 0 Å². The maximum absolute atomic E-state index is 10.9. The topological polar surface area (TPSA) is 38.7 Å². The van der Waals surface area contributed by atoms with Crippen molar-refractivity contribution in [3.8, 4) is 0 Å². The van der Waals surface area contributed by atoms with Gasteiger partial charge in [-0.2, -0.15) is 0 Å². The number of carbonyl (C=O) groups is 1.